The molecule has 8 heteroatoms. The third-order valence-corrected chi connectivity index (χ3v) is 8.51. The third-order valence-electron chi connectivity index (χ3n) is 8.51. The molecule has 0 unspecified atom stereocenters. The molecule has 3 aromatic carbocycles. The molecular weight excluding hydrogens is 533 g/mol. The van der Waals surface area contributed by atoms with Crippen LogP contribution in [0.15, 0.2) is 66.7 Å². The van der Waals surface area contributed by atoms with Crippen molar-refractivity contribution in [1.29, 1.82) is 0 Å². The highest BCUT2D eigenvalue weighted by molar-refractivity contribution is 6.01. The standard InChI is InChI=1S/C34H36FN3O4/c1-4-17-42-28-14-13-23(19-29(28)41-5-2)26-20-38-30(39)21-37(16-15-22-9-8-10-24(35)18-22)33(40)34(38,3)32-31(26)25-11-6-7-12-27(25)36-32/h6-14,18-19,26,36H,4-5,15-17,20-21H2,1-3H3/t26-,34+/m1/s1. The van der Waals surface area contributed by atoms with Crippen molar-refractivity contribution in [3.05, 3.63) is 94.9 Å². The summed E-state index contributed by atoms with van der Waals surface area (Å²) in [4.78, 5) is 35.0. The lowest BCUT2D eigenvalue weighted by atomic mass is 9.76. The van der Waals surface area contributed by atoms with Gasteiger partial charge in [-0.05, 0) is 73.7 Å². The molecule has 1 saturated heterocycles. The lowest BCUT2D eigenvalue weighted by Gasteiger charge is -2.51. The number of carbonyl (C=O) groups excluding carboxylic acids is 2. The highest BCUT2D eigenvalue weighted by Gasteiger charge is 2.56. The highest BCUT2D eigenvalue weighted by atomic mass is 19.1. The summed E-state index contributed by atoms with van der Waals surface area (Å²) in [6.45, 7) is 7.61. The maximum atomic E-state index is 14.3. The fraction of sp³-hybridized carbons (Fsp3) is 0.353. The predicted molar refractivity (Wildman–Crippen MR) is 159 cm³/mol. The smallest absolute Gasteiger partial charge is 0.254 e. The molecule has 0 spiro atoms. The van der Waals surface area contributed by atoms with Gasteiger partial charge in [-0.2, -0.15) is 0 Å². The van der Waals surface area contributed by atoms with E-state index in [0.29, 0.717) is 44.2 Å². The van der Waals surface area contributed by atoms with Gasteiger partial charge in [-0.15, -0.1) is 0 Å². The Balaban J connectivity index is 1.42. The van der Waals surface area contributed by atoms with Crippen LogP contribution in [0.3, 0.4) is 0 Å². The number of hydrogen-bond donors (Lipinski definition) is 1. The van der Waals surface area contributed by atoms with Crippen molar-refractivity contribution in [3.63, 3.8) is 0 Å². The lowest BCUT2D eigenvalue weighted by molar-refractivity contribution is -0.166. The number of halogens is 1. The Morgan fingerprint density at radius 1 is 1.00 bits per heavy atom. The van der Waals surface area contributed by atoms with Gasteiger partial charge in [0, 0.05) is 29.9 Å². The maximum Gasteiger partial charge on any atom is 0.254 e. The second-order valence-corrected chi connectivity index (χ2v) is 11.2. The molecule has 1 fully saturated rings. The quantitative estimate of drug-likeness (QED) is 0.278. The molecule has 1 aromatic heterocycles. The fourth-order valence-electron chi connectivity index (χ4n) is 6.45. The molecule has 0 aliphatic carbocycles. The molecule has 218 valence electrons. The number of rotatable bonds is 9. The number of ether oxygens (including phenoxy) is 2. The van der Waals surface area contributed by atoms with Crippen molar-refractivity contribution in [3.8, 4) is 11.5 Å². The van der Waals surface area contributed by atoms with E-state index >= 15 is 0 Å². The third kappa shape index (κ3) is 4.68. The summed E-state index contributed by atoms with van der Waals surface area (Å²) in [6, 6.07) is 20.4. The van der Waals surface area contributed by atoms with Crippen LogP contribution in [0, 0.1) is 5.82 Å². The van der Waals surface area contributed by atoms with E-state index in [2.05, 4.69) is 18.0 Å². The molecule has 2 atom stereocenters. The minimum absolute atomic E-state index is 0.0139. The number of nitrogens with one attached hydrogen (secondary N) is 1. The van der Waals surface area contributed by atoms with Crippen LogP contribution in [-0.4, -0.2) is 59.4 Å². The Morgan fingerprint density at radius 2 is 1.83 bits per heavy atom. The van der Waals surface area contributed by atoms with Crippen molar-refractivity contribution in [2.45, 2.75) is 45.1 Å². The molecule has 2 amide bonds. The van der Waals surface area contributed by atoms with Gasteiger partial charge >= 0.3 is 0 Å². The number of piperazine rings is 1. The van der Waals surface area contributed by atoms with Crippen molar-refractivity contribution in [2.75, 3.05) is 32.8 Å². The van der Waals surface area contributed by atoms with E-state index in [1.54, 1.807) is 15.9 Å². The number of para-hydroxylation sites is 1. The van der Waals surface area contributed by atoms with Gasteiger partial charge in [-0.1, -0.05) is 43.3 Å². The van der Waals surface area contributed by atoms with Gasteiger partial charge in [0.2, 0.25) is 5.91 Å². The van der Waals surface area contributed by atoms with Crippen molar-refractivity contribution in [2.24, 2.45) is 0 Å². The summed E-state index contributed by atoms with van der Waals surface area (Å²) in [5.74, 6) is 0.620. The molecule has 6 rings (SSSR count). The first-order valence-corrected chi connectivity index (χ1v) is 14.7. The molecule has 42 heavy (non-hydrogen) atoms. The summed E-state index contributed by atoms with van der Waals surface area (Å²) in [7, 11) is 0. The van der Waals surface area contributed by atoms with Gasteiger partial charge < -0.3 is 24.3 Å². The number of aromatic nitrogens is 1. The normalized spacial score (nSPS) is 20.0. The van der Waals surface area contributed by atoms with Gasteiger partial charge in [-0.3, -0.25) is 9.59 Å². The first kappa shape index (κ1) is 27.8. The van der Waals surface area contributed by atoms with Gasteiger partial charge in [-0.25, -0.2) is 4.39 Å². The van der Waals surface area contributed by atoms with Gasteiger partial charge in [0.25, 0.3) is 5.91 Å². The van der Waals surface area contributed by atoms with Crippen LogP contribution >= 0.6 is 0 Å². The van der Waals surface area contributed by atoms with Crippen molar-refractivity contribution in [1.82, 2.24) is 14.8 Å². The van der Waals surface area contributed by atoms with E-state index in [4.69, 9.17) is 9.47 Å². The van der Waals surface area contributed by atoms with Gasteiger partial charge in [0.1, 0.15) is 5.82 Å². The number of fused-ring (bicyclic) bond motifs is 5. The number of benzene rings is 3. The molecule has 2 aliphatic heterocycles. The summed E-state index contributed by atoms with van der Waals surface area (Å²) < 4.78 is 25.7. The number of nitrogens with zero attached hydrogens (tertiary/aromatic N) is 2. The average molecular weight is 570 g/mol. The SMILES string of the molecule is CCCOc1ccc([C@H]2CN3C(=O)CN(CCc4cccc(F)c4)C(=O)[C@]3(C)c3[nH]c4ccccc4c32)cc1OCC. The minimum atomic E-state index is -1.20. The number of hydrogen-bond acceptors (Lipinski definition) is 4. The molecule has 3 heterocycles. The predicted octanol–water partition coefficient (Wildman–Crippen LogP) is 5.77. The number of aromatic amines is 1. The number of carbonyl (C=O) groups is 2. The summed E-state index contributed by atoms with van der Waals surface area (Å²) >= 11 is 0. The molecular formula is C34H36FN3O4. The summed E-state index contributed by atoms with van der Waals surface area (Å²) in [5.41, 5.74) is 3.24. The fourth-order valence-corrected chi connectivity index (χ4v) is 6.45. The zero-order chi connectivity index (χ0) is 29.4. The van der Waals surface area contributed by atoms with E-state index in [1.165, 1.54) is 12.1 Å². The molecule has 2 aliphatic rings. The van der Waals surface area contributed by atoms with Crippen LogP contribution in [0.4, 0.5) is 4.39 Å². The average Bonchev–Trinajstić information content (AvgIpc) is 3.39. The first-order chi connectivity index (χ1) is 20.3. The lowest BCUT2D eigenvalue weighted by Crippen LogP contribution is -2.67. The van der Waals surface area contributed by atoms with Crippen LogP contribution in [0.1, 0.15) is 55.5 Å². The molecule has 7 nitrogen and oxygen atoms in total. The Hall–Kier alpha value is -4.33. The van der Waals surface area contributed by atoms with E-state index in [9.17, 15) is 14.0 Å². The van der Waals surface area contributed by atoms with E-state index in [0.717, 1.165) is 39.7 Å². The number of amides is 2. The van der Waals surface area contributed by atoms with Crippen molar-refractivity contribution < 1.29 is 23.5 Å². The second kappa shape index (κ2) is 11.2. The zero-order valence-electron chi connectivity index (χ0n) is 24.3. The Bertz CT molecular complexity index is 1650. The highest BCUT2D eigenvalue weighted by Crippen LogP contribution is 2.49. The Labute approximate surface area is 245 Å². The van der Waals surface area contributed by atoms with Crippen LogP contribution < -0.4 is 9.47 Å². The van der Waals surface area contributed by atoms with Crippen LogP contribution in [0.5, 0.6) is 11.5 Å². The van der Waals surface area contributed by atoms with Crippen LogP contribution in [0.2, 0.25) is 0 Å². The largest absolute Gasteiger partial charge is 0.490 e. The van der Waals surface area contributed by atoms with Crippen molar-refractivity contribution >= 4 is 22.7 Å². The van der Waals surface area contributed by atoms with Gasteiger partial charge in [0.15, 0.2) is 17.0 Å². The van der Waals surface area contributed by atoms with Gasteiger partial charge in [0.05, 0.1) is 25.5 Å². The minimum Gasteiger partial charge on any atom is -0.490 e. The maximum absolute atomic E-state index is 14.3. The Morgan fingerprint density at radius 3 is 2.62 bits per heavy atom. The van der Waals surface area contributed by atoms with E-state index in [1.807, 2.05) is 56.3 Å². The molecule has 0 bridgehead atoms. The summed E-state index contributed by atoms with van der Waals surface area (Å²) in [6.07, 6.45) is 1.35. The van der Waals surface area contributed by atoms with E-state index in [-0.39, 0.29) is 30.1 Å². The van der Waals surface area contributed by atoms with Crippen LogP contribution in [0.25, 0.3) is 10.9 Å². The topological polar surface area (TPSA) is 74.9 Å². The Kier molecular flexibility index (Phi) is 7.39. The van der Waals surface area contributed by atoms with Crippen LogP contribution in [-0.2, 0) is 21.5 Å². The van der Waals surface area contributed by atoms with E-state index < -0.39 is 5.54 Å². The molecule has 1 N–H and O–H groups in total. The number of H-pyrrole nitrogens is 1. The monoisotopic (exact) mass is 569 g/mol. The summed E-state index contributed by atoms with van der Waals surface area (Å²) in [5, 5.41) is 1.03. The molecule has 4 aromatic rings. The molecule has 0 saturated carbocycles. The second-order valence-electron chi connectivity index (χ2n) is 11.2. The molecule has 0 radical (unpaired) electrons. The zero-order valence-corrected chi connectivity index (χ0v) is 24.3. The first-order valence-electron chi connectivity index (χ1n) is 14.7.